The highest BCUT2D eigenvalue weighted by Crippen LogP contribution is 2.11. The number of hydrogen-bond acceptors (Lipinski definition) is 3. The van der Waals surface area contributed by atoms with Crippen molar-refractivity contribution in [2.24, 2.45) is 5.92 Å². The van der Waals surface area contributed by atoms with Crippen molar-refractivity contribution in [1.82, 2.24) is 5.32 Å². The summed E-state index contributed by atoms with van der Waals surface area (Å²) in [5.74, 6) is -0.0413. The van der Waals surface area contributed by atoms with Crippen LogP contribution in [0.5, 0.6) is 0 Å². The molecule has 5 heteroatoms. The fraction of sp³-hybridized carbons (Fsp3) is 0.357. The lowest BCUT2D eigenvalue weighted by atomic mass is 10.1. The van der Waals surface area contributed by atoms with Crippen LogP contribution in [0.1, 0.15) is 31.1 Å². The maximum atomic E-state index is 11.7. The van der Waals surface area contributed by atoms with E-state index >= 15 is 0 Å². The Morgan fingerprint density at radius 2 is 2.00 bits per heavy atom. The molecule has 0 aliphatic rings. The molecule has 0 saturated carbocycles. The van der Waals surface area contributed by atoms with Gasteiger partial charge < -0.3 is 10.6 Å². The Balaban J connectivity index is 2.70. The first-order valence-electron chi connectivity index (χ1n) is 6.02. The van der Waals surface area contributed by atoms with Crippen molar-refractivity contribution in [2.75, 3.05) is 5.32 Å². The van der Waals surface area contributed by atoms with Gasteiger partial charge >= 0.3 is 6.03 Å². The molecule has 0 heterocycles. The predicted molar refractivity (Wildman–Crippen MR) is 72.8 cm³/mol. The maximum Gasteiger partial charge on any atom is 0.320 e. The van der Waals surface area contributed by atoms with Crippen molar-refractivity contribution < 1.29 is 9.59 Å². The highest BCUT2D eigenvalue weighted by Gasteiger charge is 2.15. The lowest BCUT2D eigenvalue weighted by Crippen LogP contribution is -2.40. The van der Waals surface area contributed by atoms with Crippen LogP contribution in [-0.2, 0) is 0 Å². The van der Waals surface area contributed by atoms with Crippen LogP contribution in [0, 0.1) is 17.2 Å². The van der Waals surface area contributed by atoms with Gasteiger partial charge in [-0.25, -0.2) is 4.79 Å². The van der Waals surface area contributed by atoms with Crippen molar-refractivity contribution in [2.45, 2.75) is 26.8 Å². The zero-order valence-electron chi connectivity index (χ0n) is 11.2. The molecule has 0 spiro atoms. The number of carbonyl (C=O) groups excluding carboxylic acids is 2. The molecule has 1 rings (SSSR count). The van der Waals surface area contributed by atoms with E-state index in [1.807, 2.05) is 19.9 Å². The Hall–Kier alpha value is -2.35. The molecule has 2 N–H and O–H groups in total. The summed E-state index contributed by atoms with van der Waals surface area (Å²) in [6.45, 7) is 5.17. The number of nitrogens with zero attached hydrogens (tertiary/aromatic N) is 1. The molecule has 1 aromatic carbocycles. The van der Waals surface area contributed by atoms with E-state index in [2.05, 4.69) is 10.6 Å². The topological polar surface area (TPSA) is 82.0 Å². The molecular formula is C14H17N3O2. The molecular weight excluding hydrogens is 242 g/mol. The molecule has 0 bridgehead atoms. The minimum absolute atomic E-state index is 0.0271. The average molecular weight is 259 g/mol. The highest BCUT2D eigenvalue weighted by molar-refractivity contribution is 5.96. The van der Waals surface area contributed by atoms with Crippen molar-refractivity contribution in [3.63, 3.8) is 0 Å². The Morgan fingerprint density at radius 1 is 1.32 bits per heavy atom. The van der Waals surface area contributed by atoms with E-state index in [0.29, 0.717) is 11.3 Å². The number of benzene rings is 1. The van der Waals surface area contributed by atoms with Gasteiger partial charge in [-0.2, -0.15) is 5.26 Å². The largest absolute Gasteiger partial charge is 0.322 e. The van der Waals surface area contributed by atoms with Crippen LogP contribution in [-0.4, -0.2) is 17.9 Å². The summed E-state index contributed by atoms with van der Waals surface area (Å²) in [5, 5.41) is 14.1. The summed E-state index contributed by atoms with van der Waals surface area (Å²) < 4.78 is 0. The number of urea groups is 1. The zero-order valence-corrected chi connectivity index (χ0v) is 11.2. The van der Waals surface area contributed by atoms with Gasteiger partial charge in [0, 0.05) is 11.3 Å². The summed E-state index contributed by atoms with van der Waals surface area (Å²) in [7, 11) is 0. The number of nitrogens with one attached hydrogen (secondary N) is 2. The van der Waals surface area contributed by atoms with Crippen LogP contribution < -0.4 is 10.6 Å². The molecule has 0 aliphatic carbocycles. The third kappa shape index (κ3) is 4.43. The van der Waals surface area contributed by atoms with Crippen molar-refractivity contribution in [3.05, 3.63) is 29.8 Å². The van der Waals surface area contributed by atoms with Crippen LogP contribution >= 0.6 is 0 Å². The highest BCUT2D eigenvalue weighted by atomic mass is 16.2. The number of nitriles is 1. The molecule has 1 unspecified atom stereocenters. The van der Waals surface area contributed by atoms with Gasteiger partial charge in [-0.1, -0.05) is 26.0 Å². The number of carbonyl (C=O) groups is 2. The molecule has 19 heavy (non-hydrogen) atoms. The van der Waals surface area contributed by atoms with Crippen LogP contribution in [0.25, 0.3) is 0 Å². The predicted octanol–water partition coefficient (Wildman–Crippen LogP) is 2.56. The second-order valence-corrected chi connectivity index (χ2v) is 4.59. The fourth-order valence-corrected chi connectivity index (χ4v) is 1.47. The average Bonchev–Trinajstić information content (AvgIpc) is 2.35. The molecule has 0 radical (unpaired) electrons. The van der Waals surface area contributed by atoms with Gasteiger partial charge in [0.15, 0.2) is 5.78 Å². The lowest BCUT2D eigenvalue weighted by Gasteiger charge is -2.15. The number of amides is 2. The van der Waals surface area contributed by atoms with Gasteiger partial charge in [0.1, 0.15) is 6.04 Å². The summed E-state index contributed by atoms with van der Waals surface area (Å²) in [6, 6.07) is 7.67. The van der Waals surface area contributed by atoms with Gasteiger partial charge in [-0.05, 0) is 25.0 Å². The molecule has 0 saturated heterocycles. The monoisotopic (exact) mass is 259 g/mol. The Kier molecular flexibility index (Phi) is 5.07. The number of rotatable bonds is 4. The smallest absolute Gasteiger partial charge is 0.320 e. The molecule has 2 amide bonds. The Labute approximate surface area is 112 Å². The lowest BCUT2D eigenvalue weighted by molar-refractivity contribution is 0.101. The quantitative estimate of drug-likeness (QED) is 0.815. The van der Waals surface area contributed by atoms with Crippen molar-refractivity contribution >= 4 is 17.5 Å². The zero-order chi connectivity index (χ0) is 14.4. The van der Waals surface area contributed by atoms with Crippen molar-refractivity contribution in [3.8, 4) is 6.07 Å². The van der Waals surface area contributed by atoms with E-state index in [4.69, 9.17) is 5.26 Å². The number of ketones is 1. The van der Waals surface area contributed by atoms with Gasteiger partial charge in [-0.15, -0.1) is 0 Å². The summed E-state index contributed by atoms with van der Waals surface area (Å²) in [5.41, 5.74) is 1.05. The Morgan fingerprint density at radius 3 is 2.53 bits per heavy atom. The first-order chi connectivity index (χ1) is 8.93. The molecule has 100 valence electrons. The molecule has 1 atom stereocenters. The Bertz CT molecular complexity index is 518. The van der Waals surface area contributed by atoms with Crippen LogP contribution in [0.2, 0.25) is 0 Å². The SMILES string of the molecule is CC(=O)c1cccc(NC(=O)NC(C#N)C(C)C)c1. The molecule has 0 fully saturated rings. The number of hydrogen-bond donors (Lipinski definition) is 2. The maximum absolute atomic E-state index is 11.7. The minimum Gasteiger partial charge on any atom is -0.322 e. The minimum atomic E-state index is -0.545. The van der Waals surface area contributed by atoms with Crippen LogP contribution in [0.4, 0.5) is 10.5 Å². The number of anilines is 1. The first-order valence-corrected chi connectivity index (χ1v) is 6.02. The van der Waals surface area contributed by atoms with Crippen LogP contribution in [0.3, 0.4) is 0 Å². The summed E-state index contributed by atoms with van der Waals surface area (Å²) >= 11 is 0. The van der Waals surface area contributed by atoms with E-state index in [-0.39, 0.29) is 11.7 Å². The summed E-state index contributed by atoms with van der Waals surface area (Å²) in [4.78, 5) is 22.9. The third-order valence-electron chi connectivity index (χ3n) is 2.62. The second kappa shape index (κ2) is 6.55. The summed E-state index contributed by atoms with van der Waals surface area (Å²) in [6.07, 6.45) is 0. The van der Waals surface area contributed by atoms with Gasteiger partial charge in [-0.3, -0.25) is 4.79 Å². The van der Waals surface area contributed by atoms with E-state index in [0.717, 1.165) is 0 Å². The van der Waals surface area contributed by atoms with Crippen LogP contribution in [0.15, 0.2) is 24.3 Å². The molecule has 1 aromatic rings. The normalized spacial score (nSPS) is 11.5. The standard InChI is InChI=1S/C14H17N3O2/c1-9(2)13(8-15)17-14(19)16-12-6-4-5-11(7-12)10(3)18/h4-7,9,13H,1-3H3,(H2,16,17,19). The second-order valence-electron chi connectivity index (χ2n) is 4.59. The van der Waals surface area contributed by atoms with E-state index in [1.54, 1.807) is 24.3 Å². The number of Topliss-reactive ketones (excluding diaryl/α,β-unsaturated/α-hetero) is 1. The molecule has 5 nitrogen and oxygen atoms in total. The van der Waals surface area contributed by atoms with Crippen molar-refractivity contribution in [1.29, 1.82) is 5.26 Å². The van der Waals surface area contributed by atoms with Gasteiger partial charge in [0.2, 0.25) is 0 Å². The molecule has 0 aliphatic heterocycles. The van der Waals surface area contributed by atoms with E-state index in [9.17, 15) is 9.59 Å². The van der Waals surface area contributed by atoms with E-state index in [1.165, 1.54) is 6.92 Å². The molecule has 0 aromatic heterocycles. The van der Waals surface area contributed by atoms with Gasteiger partial charge in [0.25, 0.3) is 0 Å². The van der Waals surface area contributed by atoms with Gasteiger partial charge in [0.05, 0.1) is 6.07 Å². The fourth-order valence-electron chi connectivity index (χ4n) is 1.47. The third-order valence-corrected chi connectivity index (χ3v) is 2.62. The first kappa shape index (κ1) is 14.7. The van der Waals surface area contributed by atoms with E-state index < -0.39 is 12.1 Å².